The summed E-state index contributed by atoms with van der Waals surface area (Å²) < 4.78 is 0. The number of hydrogen-bond acceptors (Lipinski definition) is 2. The van der Waals surface area contributed by atoms with Crippen LogP contribution in [0.15, 0.2) is 0 Å². The molecule has 0 spiro atoms. The summed E-state index contributed by atoms with van der Waals surface area (Å²) in [5.41, 5.74) is 0. The SMILES string of the molecule is CN1[C@@H]2CC[C@H]1[C@@H](S)C2. The Kier molecular flexibility index (Phi) is 1.27. The minimum atomic E-state index is 0.675. The highest BCUT2D eigenvalue weighted by atomic mass is 32.1. The molecule has 2 heterocycles. The molecule has 2 heteroatoms. The molecule has 2 fully saturated rings. The van der Waals surface area contributed by atoms with Gasteiger partial charge in [-0.3, -0.25) is 4.90 Å². The molecule has 0 radical (unpaired) electrons. The van der Waals surface area contributed by atoms with Gasteiger partial charge in [0.1, 0.15) is 0 Å². The maximum absolute atomic E-state index is 4.52. The molecule has 2 saturated heterocycles. The third kappa shape index (κ3) is 0.729. The van der Waals surface area contributed by atoms with Gasteiger partial charge in [-0.1, -0.05) is 0 Å². The molecule has 0 aromatic heterocycles. The monoisotopic (exact) mass is 143 g/mol. The molecule has 0 N–H and O–H groups in total. The van der Waals surface area contributed by atoms with Crippen molar-refractivity contribution in [1.29, 1.82) is 0 Å². The lowest BCUT2D eigenvalue weighted by Gasteiger charge is -2.15. The molecular weight excluding hydrogens is 130 g/mol. The van der Waals surface area contributed by atoms with Crippen LogP contribution in [-0.2, 0) is 0 Å². The number of nitrogens with zero attached hydrogens (tertiary/aromatic N) is 1. The topological polar surface area (TPSA) is 3.24 Å². The Morgan fingerprint density at radius 2 is 2.22 bits per heavy atom. The third-order valence-corrected chi connectivity index (χ3v) is 3.41. The Morgan fingerprint density at radius 3 is 2.44 bits per heavy atom. The van der Waals surface area contributed by atoms with Crippen LogP contribution in [0.5, 0.6) is 0 Å². The van der Waals surface area contributed by atoms with Crippen molar-refractivity contribution in [3.05, 3.63) is 0 Å². The highest BCUT2D eigenvalue weighted by Gasteiger charge is 2.41. The standard InChI is InChI=1S/C7H13NS/c1-8-5-2-3-6(8)7(9)4-5/h5-7,9H,2-4H2,1H3/t5-,6+,7+/m1/s1. The molecule has 9 heavy (non-hydrogen) atoms. The zero-order valence-electron chi connectivity index (χ0n) is 5.75. The van der Waals surface area contributed by atoms with E-state index in [9.17, 15) is 0 Å². The fraction of sp³-hybridized carbons (Fsp3) is 1.00. The summed E-state index contributed by atoms with van der Waals surface area (Å²) in [5.74, 6) is 0. The van der Waals surface area contributed by atoms with E-state index in [0.29, 0.717) is 5.25 Å². The van der Waals surface area contributed by atoms with Gasteiger partial charge in [-0.2, -0.15) is 12.6 Å². The first-order chi connectivity index (χ1) is 4.29. The number of fused-ring (bicyclic) bond motifs is 2. The minimum Gasteiger partial charge on any atom is -0.299 e. The van der Waals surface area contributed by atoms with Crippen molar-refractivity contribution < 1.29 is 0 Å². The molecule has 0 amide bonds. The number of rotatable bonds is 0. The lowest BCUT2D eigenvalue weighted by molar-refractivity contribution is 0.315. The van der Waals surface area contributed by atoms with Gasteiger partial charge in [-0.15, -0.1) is 0 Å². The lowest BCUT2D eigenvalue weighted by atomic mass is 10.0. The van der Waals surface area contributed by atoms with E-state index in [1.807, 2.05) is 0 Å². The largest absolute Gasteiger partial charge is 0.299 e. The second-order valence-corrected chi connectivity index (χ2v) is 3.93. The summed E-state index contributed by atoms with van der Waals surface area (Å²) in [4.78, 5) is 2.50. The maximum atomic E-state index is 4.52. The molecule has 2 aliphatic rings. The summed E-state index contributed by atoms with van der Waals surface area (Å²) in [5, 5.41) is 0.675. The minimum absolute atomic E-state index is 0.675. The number of hydrogen-bond donors (Lipinski definition) is 1. The predicted octanol–water partition coefficient (Wildman–Crippen LogP) is 1.15. The second-order valence-electron chi connectivity index (χ2n) is 3.27. The lowest BCUT2D eigenvalue weighted by Crippen LogP contribution is -2.25. The average Bonchev–Trinajstić information content (AvgIpc) is 2.25. The first kappa shape index (κ1) is 6.05. The van der Waals surface area contributed by atoms with Crippen molar-refractivity contribution in [2.45, 2.75) is 36.6 Å². The normalized spacial score (nSPS) is 50.7. The molecule has 0 aromatic rings. The fourth-order valence-electron chi connectivity index (χ4n) is 2.22. The van der Waals surface area contributed by atoms with Gasteiger partial charge in [0.25, 0.3) is 0 Å². The van der Waals surface area contributed by atoms with Crippen LogP contribution in [0.25, 0.3) is 0 Å². The van der Waals surface area contributed by atoms with Gasteiger partial charge in [-0.25, -0.2) is 0 Å². The summed E-state index contributed by atoms with van der Waals surface area (Å²) in [6.45, 7) is 0. The van der Waals surface area contributed by atoms with E-state index in [4.69, 9.17) is 0 Å². The highest BCUT2D eigenvalue weighted by molar-refractivity contribution is 7.81. The molecule has 0 aliphatic carbocycles. The van der Waals surface area contributed by atoms with Gasteiger partial charge in [0.2, 0.25) is 0 Å². The van der Waals surface area contributed by atoms with Crippen molar-refractivity contribution in [3.8, 4) is 0 Å². The molecule has 2 rings (SSSR count). The quantitative estimate of drug-likeness (QED) is 0.498. The Labute approximate surface area is 61.8 Å². The van der Waals surface area contributed by atoms with Crippen molar-refractivity contribution in [1.82, 2.24) is 4.90 Å². The van der Waals surface area contributed by atoms with Crippen LogP contribution in [0.2, 0.25) is 0 Å². The van der Waals surface area contributed by atoms with Gasteiger partial charge in [-0.05, 0) is 26.3 Å². The Morgan fingerprint density at radius 1 is 1.44 bits per heavy atom. The van der Waals surface area contributed by atoms with Crippen LogP contribution in [0.3, 0.4) is 0 Å². The molecule has 3 atom stereocenters. The Bertz CT molecular complexity index is 126. The first-order valence-electron chi connectivity index (χ1n) is 3.69. The van der Waals surface area contributed by atoms with E-state index in [1.165, 1.54) is 19.3 Å². The summed E-state index contributed by atoms with van der Waals surface area (Å²) >= 11 is 4.52. The Hall–Kier alpha value is 0.310. The van der Waals surface area contributed by atoms with Crippen LogP contribution in [-0.4, -0.2) is 29.3 Å². The summed E-state index contributed by atoms with van der Waals surface area (Å²) in [6, 6.07) is 1.68. The van der Waals surface area contributed by atoms with Crippen molar-refractivity contribution >= 4 is 12.6 Å². The zero-order chi connectivity index (χ0) is 6.43. The number of thiol groups is 1. The highest BCUT2D eigenvalue weighted by Crippen LogP contribution is 2.38. The van der Waals surface area contributed by atoms with Crippen LogP contribution >= 0.6 is 12.6 Å². The third-order valence-electron chi connectivity index (χ3n) is 2.85. The fourth-order valence-corrected chi connectivity index (χ4v) is 2.83. The van der Waals surface area contributed by atoms with Gasteiger partial charge < -0.3 is 0 Å². The molecular formula is C7H13NS. The molecule has 0 unspecified atom stereocenters. The maximum Gasteiger partial charge on any atom is 0.0213 e. The van der Waals surface area contributed by atoms with E-state index < -0.39 is 0 Å². The molecule has 0 aromatic carbocycles. The van der Waals surface area contributed by atoms with E-state index >= 15 is 0 Å². The van der Waals surface area contributed by atoms with E-state index in [2.05, 4.69) is 24.6 Å². The van der Waals surface area contributed by atoms with Crippen LogP contribution < -0.4 is 0 Å². The van der Waals surface area contributed by atoms with Crippen LogP contribution in [0.4, 0.5) is 0 Å². The van der Waals surface area contributed by atoms with Crippen LogP contribution in [0.1, 0.15) is 19.3 Å². The van der Waals surface area contributed by atoms with Crippen molar-refractivity contribution in [2.24, 2.45) is 0 Å². The molecule has 52 valence electrons. The predicted molar refractivity (Wildman–Crippen MR) is 42.0 cm³/mol. The molecule has 2 aliphatic heterocycles. The van der Waals surface area contributed by atoms with Crippen LogP contribution in [0, 0.1) is 0 Å². The van der Waals surface area contributed by atoms with Gasteiger partial charge >= 0.3 is 0 Å². The summed E-state index contributed by atoms with van der Waals surface area (Å²) in [6.07, 6.45) is 4.12. The van der Waals surface area contributed by atoms with E-state index in [0.717, 1.165) is 12.1 Å². The van der Waals surface area contributed by atoms with E-state index in [1.54, 1.807) is 0 Å². The first-order valence-corrected chi connectivity index (χ1v) is 4.20. The Balaban J connectivity index is 2.16. The zero-order valence-corrected chi connectivity index (χ0v) is 6.64. The van der Waals surface area contributed by atoms with Crippen molar-refractivity contribution in [2.75, 3.05) is 7.05 Å². The van der Waals surface area contributed by atoms with Gasteiger partial charge in [0.05, 0.1) is 0 Å². The molecule has 2 bridgehead atoms. The van der Waals surface area contributed by atoms with Gasteiger partial charge in [0, 0.05) is 17.3 Å². The van der Waals surface area contributed by atoms with E-state index in [-0.39, 0.29) is 0 Å². The summed E-state index contributed by atoms with van der Waals surface area (Å²) in [7, 11) is 2.23. The smallest absolute Gasteiger partial charge is 0.0213 e. The van der Waals surface area contributed by atoms with Crippen molar-refractivity contribution in [3.63, 3.8) is 0 Å². The average molecular weight is 143 g/mol. The second kappa shape index (κ2) is 1.89. The molecule has 0 saturated carbocycles. The molecule has 1 nitrogen and oxygen atoms in total. The van der Waals surface area contributed by atoms with Gasteiger partial charge in [0.15, 0.2) is 0 Å².